The molecule has 0 saturated carbocycles. The molecule has 1 aliphatic rings. The minimum Gasteiger partial charge on any atom is -0.394 e. The van der Waals surface area contributed by atoms with Gasteiger partial charge in [0.2, 0.25) is 5.91 Å². The monoisotopic (exact) mass is 1260 g/mol. The van der Waals surface area contributed by atoms with Gasteiger partial charge in [0.1, 0.15) is 36.6 Å². The predicted octanol–water partition coefficient (Wildman–Crippen LogP) is 19.9. The Morgan fingerprint density at radius 2 is 0.685 bits per heavy atom. The van der Waals surface area contributed by atoms with Crippen LogP contribution in [0.4, 0.5) is 0 Å². The fourth-order valence-corrected chi connectivity index (χ4v) is 13.0. The normalized spacial score (nSPS) is 18.6. The van der Waals surface area contributed by atoms with Crippen molar-refractivity contribution in [2.24, 2.45) is 0 Å². The van der Waals surface area contributed by atoms with Crippen molar-refractivity contribution >= 4 is 5.91 Å². The summed E-state index contributed by atoms with van der Waals surface area (Å²) in [6.45, 7) is 3.53. The van der Waals surface area contributed by atoms with E-state index in [2.05, 4.69) is 43.5 Å². The van der Waals surface area contributed by atoms with Crippen LogP contribution >= 0.6 is 0 Å². The van der Waals surface area contributed by atoms with Gasteiger partial charge in [-0.2, -0.15) is 0 Å². The number of hydrogen-bond acceptors (Lipinski definition) is 10. The lowest BCUT2D eigenvalue weighted by Crippen LogP contribution is -2.60. The first-order valence-electron chi connectivity index (χ1n) is 39.2. The second kappa shape index (κ2) is 66.6. The second-order valence-electron chi connectivity index (χ2n) is 27.8. The Hall–Kier alpha value is -1.41. The molecule has 0 aromatic heterocycles. The molecule has 1 amide bonds. The van der Waals surface area contributed by atoms with Crippen molar-refractivity contribution in [2.45, 2.75) is 454 Å². The average molecular weight is 1260 g/mol. The number of aliphatic hydroxyl groups is 7. The zero-order chi connectivity index (χ0) is 64.6. The Balaban J connectivity index is 2.13. The molecule has 0 aromatic rings. The topological polar surface area (TPSA) is 189 Å². The number of allylic oxidation sites excluding steroid dienone is 4. The summed E-state index contributed by atoms with van der Waals surface area (Å²) < 4.78 is 11.2. The molecule has 9 atom stereocenters. The lowest BCUT2D eigenvalue weighted by molar-refractivity contribution is -0.303. The van der Waals surface area contributed by atoms with Gasteiger partial charge < -0.3 is 50.5 Å². The Kier molecular flexibility index (Phi) is 64.1. The Bertz CT molecular complexity index is 1500. The van der Waals surface area contributed by atoms with Gasteiger partial charge in [0.05, 0.1) is 25.4 Å². The highest BCUT2D eigenvalue weighted by atomic mass is 16.7. The molecule has 1 fully saturated rings. The van der Waals surface area contributed by atoms with Gasteiger partial charge in [-0.1, -0.05) is 378 Å². The highest BCUT2D eigenvalue weighted by molar-refractivity contribution is 5.80. The quantitative estimate of drug-likeness (QED) is 0.0215. The van der Waals surface area contributed by atoms with Crippen LogP contribution in [0.2, 0.25) is 0 Å². The van der Waals surface area contributed by atoms with Crippen molar-refractivity contribution in [3.8, 4) is 0 Å². The minimum atomic E-state index is -1.66. The lowest BCUT2D eigenvalue weighted by Gasteiger charge is -2.40. The van der Waals surface area contributed by atoms with Gasteiger partial charge in [-0.25, -0.2) is 0 Å². The summed E-state index contributed by atoms with van der Waals surface area (Å²) >= 11 is 0. The predicted molar refractivity (Wildman–Crippen MR) is 376 cm³/mol. The van der Waals surface area contributed by atoms with Crippen molar-refractivity contribution in [1.82, 2.24) is 5.32 Å². The van der Waals surface area contributed by atoms with E-state index in [1.165, 1.54) is 315 Å². The smallest absolute Gasteiger partial charge is 0.249 e. The standard InChI is InChI=1S/C78H151NO10/c1-3-5-7-9-11-13-15-17-19-21-23-25-27-29-31-32-33-34-35-36-37-38-39-40-42-44-46-48-50-52-54-56-58-60-62-64-66-71(82)77(87)79-69(68-88-78-76(86)75(85)74(84)72(67-80)89-78)73(83)70(81)65-63-61-59-57-55-53-51-49-47-45-43-41-30-28-26-24-22-20-18-16-14-12-10-8-6-4-2/h31-32,34-35,69-76,78,80-86H,3-30,33,36-68H2,1-2H3,(H,79,87)/b32-31-,35-34-. The molecule has 11 nitrogen and oxygen atoms in total. The Morgan fingerprint density at radius 1 is 0.393 bits per heavy atom. The Labute approximate surface area is 550 Å². The van der Waals surface area contributed by atoms with Gasteiger partial charge in [-0.3, -0.25) is 4.79 Å². The van der Waals surface area contributed by atoms with E-state index < -0.39 is 74.2 Å². The average Bonchev–Trinajstić information content (AvgIpc) is 1.73. The van der Waals surface area contributed by atoms with Crippen molar-refractivity contribution in [3.63, 3.8) is 0 Å². The third-order valence-corrected chi connectivity index (χ3v) is 19.3. The van der Waals surface area contributed by atoms with Gasteiger partial charge in [0.25, 0.3) is 0 Å². The summed E-state index contributed by atoms with van der Waals surface area (Å²) in [6, 6.07) is -1.17. The fraction of sp³-hybridized carbons (Fsp3) is 0.936. The Morgan fingerprint density at radius 3 is 1.00 bits per heavy atom. The molecule has 0 aromatic carbocycles. The first-order valence-corrected chi connectivity index (χ1v) is 39.2. The van der Waals surface area contributed by atoms with E-state index in [4.69, 9.17) is 9.47 Å². The van der Waals surface area contributed by atoms with Crippen LogP contribution in [0, 0.1) is 0 Å². The molecule has 9 unspecified atom stereocenters. The van der Waals surface area contributed by atoms with Crippen LogP contribution in [-0.2, 0) is 14.3 Å². The molecule has 8 N–H and O–H groups in total. The molecule has 89 heavy (non-hydrogen) atoms. The van der Waals surface area contributed by atoms with E-state index in [0.29, 0.717) is 19.3 Å². The largest absolute Gasteiger partial charge is 0.394 e. The molecular formula is C78H151NO10. The maximum absolute atomic E-state index is 13.3. The SMILES string of the molecule is CCCCCCCCCCCCCCC/C=C\C/C=C\CCCCCCCCCCCCCCCCCCC(O)C(=O)NC(COC1OC(CO)C(O)C(O)C1O)C(O)C(O)CCCCCCCCCCCCCCCCCCCCCCCCCCCC. The molecule has 1 heterocycles. The summed E-state index contributed by atoms with van der Waals surface area (Å²) in [6.07, 6.45) is 74.3. The molecule has 11 heteroatoms. The fourth-order valence-electron chi connectivity index (χ4n) is 13.0. The molecule has 0 spiro atoms. The number of aliphatic hydroxyl groups excluding tert-OH is 7. The number of amides is 1. The molecule has 0 aliphatic carbocycles. The van der Waals surface area contributed by atoms with E-state index in [9.17, 15) is 40.5 Å². The maximum atomic E-state index is 13.3. The van der Waals surface area contributed by atoms with Crippen LogP contribution in [0.1, 0.15) is 399 Å². The zero-order valence-electron chi connectivity index (χ0n) is 58.7. The lowest BCUT2D eigenvalue weighted by atomic mass is 9.98. The van der Waals surface area contributed by atoms with Gasteiger partial charge in [0, 0.05) is 0 Å². The summed E-state index contributed by atoms with van der Waals surface area (Å²) in [5, 5.41) is 76.7. The molecule has 528 valence electrons. The summed E-state index contributed by atoms with van der Waals surface area (Å²) in [4.78, 5) is 13.3. The van der Waals surface area contributed by atoms with E-state index >= 15 is 0 Å². The van der Waals surface area contributed by atoms with Crippen LogP contribution in [0.3, 0.4) is 0 Å². The van der Waals surface area contributed by atoms with Crippen molar-refractivity contribution in [1.29, 1.82) is 0 Å². The van der Waals surface area contributed by atoms with Gasteiger partial charge in [0.15, 0.2) is 6.29 Å². The molecule has 1 aliphatic heterocycles. The van der Waals surface area contributed by atoms with Gasteiger partial charge in [-0.05, 0) is 44.9 Å². The molecule has 0 bridgehead atoms. The van der Waals surface area contributed by atoms with Gasteiger partial charge >= 0.3 is 0 Å². The van der Waals surface area contributed by atoms with Crippen molar-refractivity contribution in [3.05, 3.63) is 24.3 Å². The molecule has 0 radical (unpaired) electrons. The third-order valence-electron chi connectivity index (χ3n) is 19.3. The van der Waals surface area contributed by atoms with Crippen molar-refractivity contribution in [2.75, 3.05) is 13.2 Å². The minimum absolute atomic E-state index is 0.263. The van der Waals surface area contributed by atoms with Crippen LogP contribution in [0.25, 0.3) is 0 Å². The molecule has 1 rings (SSSR count). The number of ether oxygens (including phenoxy) is 2. The zero-order valence-corrected chi connectivity index (χ0v) is 58.7. The van der Waals surface area contributed by atoms with E-state index in [1.54, 1.807) is 0 Å². The maximum Gasteiger partial charge on any atom is 0.249 e. The van der Waals surface area contributed by atoms with Crippen LogP contribution in [0.5, 0.6) is 0 Å². The number of hydrogen-bond donors (Lipinski definition) is 8. The van der Waals surface area contributed by atoms with E-state index in [-0.39, 0.29) is 6.42 Å². The first-order chi connectivity index (χ1) is 43.7. The summed E-state index contributed by atoms with van der Waals surface area (Å²) in [7, 11) is 0. The van der Waals surface area contributed by atoms with Crippen LogP contribution in [-0.4, -0.2) is 110 Å². The molecular weight excluding hydrogens is 1110 g/mol. The first kappa shape index (κ1) is 85.6. The second-order valence-corrected chi connectivity index (χ2v) is 27.8. The van der Waals surface area contributed by atoms with Crippen molar-refractivity contribution < 1.29 is 50.0 Å². The van der Waals surface area contributed by atoms with E-state index in [1.807, 2.05) is 0 Å². The highest BCUT2D eigenvalue weighted by Crippen LogP contribution is 2.24. The number of nitrogens with one attached hydrogen (secondary N) is 1. The molecule has 1 saturated heterocycles. The highest BCUT2D eigenvalue weighted by Gasteiger charge is 2.44. The van der Waals surface area contributed by atoms with Crippen LogP contribution in [0.15, 0.2) is 24.3 Å². The number of carbonyl (C=O) groups is 1. The summed E-state index contributed by atoms with van der Waals surface area (Å²) in [5.41, 5.74) is 0. The summed E-state index contributed by atoms with van der Waals surface area (Å²) in [5.74, 6) is -0.689. The number of unbranched alkanes of at least 4 members (excludes halogenated alkanes) is 54. The van der Waals surface area contributed by atoms with Gasteiger partial charge in [-0.15, -0.1) is 0 Å². The van der Waals surface area contributed by atoms with Crippen LogP contribution < -0.4 is 5.32 Å². The number of carbonyl (C=O) groups excluding carboxylic acids is 1. The number of rotatable bonds is 70. The van der Waals surface area contributed by atoms with E-state index in [0.717, 1.165) is 44.9 Å². The third kappa shape index (κ3) is 53.5.